The van der Waals surface area contributed by atoms with Crippen molar-refractivity contribution in [3.63, 3.8) is 0 Å². The van der Waals surface area contributed by atoms with Crippen LogP contribution in [0.5, 0.6) is 5.75 Å². The van der Waals surface area contributed by atoms with Crippen LogP contribution in [0.3, 0.4) is 0 Å². The Hall–Kier alpha value is -1.75. The van der Waals surface area contributed by atoms with Crippen molar-refractivity contribution in [3.05, 3.63) is 23.8 Å². The first-order chi connectivity index (χ1) is 9.13. The second-order valence-corrected chi connectivity index (χ2v) is 5.02. The van der Waals surface area contributed by atoms with Crippen molar-refractivity contribution in [2.45, 2.75) is 19.3 Å². The van der Waals surface area contributed by atoms with E-state index < -0.39 is 0 Å². The molecule has 0 spiro atoms. The quantitative estimate of drug-likeness (QED) is 0.565. The molecule has 0 bridgehead atoms. The number of carbonyl (C=O) groups is 1. The van der Waals surface area contributed by atoms with E-state index in [9.17, 15) is 9.90 Å². The number of nitrogens with zero attached hydrogens (tertiary/aromatic N) is 1. The SMILES string of the molecule is Nc1cccc(C(=O)N2CCCC(CCO)C2)c1O. The maximum Gasteiger partial charge on any atom is 0.257 e. The number of aliphatic hydroxyl groups is 1. The molecule has 104 valence electrons. The minimum absolute atomic E-state index is 0.142. The van der Waals surface area contributed by atoms with Gasteiger partial charge in [0, 0.05) is 19.7 Å². The van der Waals surface area contributed by atoms with E-state index in [1.807, 2.05) is 0 Å². The molecule has 1 fully saturated rings. The number of aliphatic hydroxyl groups excluding tert-OH is 1. The van der Waals surface area contributed by atoms with Gasteiger partial charge in [-0.1, -0.05) is 6.07 Å². The van der Waals surface area contributed by atoms with Gasteiger partial charge >= 0.3 is 0 Å². The predicted octanol–water partition coefficient (Wildman–Crippen LogP) is 1.21. The Labute approximate surface area is 112 Å². The van der Waals surface area contributed by atoms with Crippen molar-refractivity contribution in [1.82, 2.24) is 4.90 Å². The highest BCUT2D eigenvalue weighted by molar-refractivity contribution is 5.98. The molecular weight excluding hydrogens is 244 g/mol. The van der Waals surface area contributed by atoms with Crippen LogP contribution in [0.4, 0.5) is 5.69 Å². The second kappa shape index (κ2) is 5.93. The smallest absolute Gasteiger partial charge is 0.257 e. The van der Waals surface area contributed by atoms with Gasteiger partial charge in [-0.2, -0.15) is 0 Å². The third-order valence-corrected chi connectivity index (χ3v) is 3.64. The van der Waals surface area contributed by atoms with E-state index in [1.165, 1.54) is 0 Å². The third-order valence-electron chi connectivity index (χ3n) is 3.64. The van der Waals surface area contributed by atoms with Gasteiger partial charge in [-0.15, -0.1) is 0 Å². The average molecular weight is 264 g/mol. The molecule has 5 nitrogen and oxygen atoms in total. The Balaban J connectivity index is 2.12. The molecule has 2 rings (SSSR count). The molecule has 1 aromatic rings. The number of hydrogen-bond donors (Lipinski definition) is 3. The van der Waals surface area contributed by atoms with Crippen LogP contribution in [0.1, 0.15) is 29.6 Å². The van der Waals surface area contributed by atoms with Crippen LogP contribution >= 0.6 is 0 Å². The first-order valence-electron chi connectivity index (χ1n) is 6.61. The van der Waals surface area contributed by atoms with Crippen molar-refractivity contribution in [1.29, 1.82) is 0 Å². The number of carbonyl (C=O) groups excluding carboxylic acids is 1. The number of anilines is 1. The number of hydrogen-bond acceptors (Lipinski definition) is 4. The number of phenols is 1. The lowest BCUT2D eigenvalue weighted by atomic mass is 9.94. The molecule has 0 radical (unpaired) electrons. The number of phenolic OH excluding ortho intramolecular Hbond substituents is 1. The molecule has 0 aromatic heterocycles. The highest BCUT2D eigenvalue weighted by Crippen LogP contribution is 2.28. The summed E-state index contributed by atoms with van der Waals surface area (Å²) in [6.07, 6.45) is 2.68. The van der Waals surface area contributed by atoms with Gasteiger partial charge in [-0.3, -0.25) is 4.79 Å². The summed E-state index contributed by atoms with van der Waals surface area (Å²) in [6, 6.07) is 4.82. The molecule has 1 aliphatic rings. The number of para-hydroxylation sites is 1. The minimum Gasteiger partial charge on any atom is -0.505 e. The standard InChI is InChI=1S/C14H20N2O3/c15-12-5-1-4-11(13(12)18)14(19)16-7-2-3-10(9-16)6-8-17/h1,4-5,10,17-18H,2-3,6-9,15H2. The average Bonchev–Trinajstić information content (AvgIpc) is 2.42. The lowest BCUT2D eigenvalue weighted by Gasteiger charge is -2.32. The first-order valence-corrected chi connectivity index (χ1v) is 6.61. The summed E-state index contributed by atoms with van der Waals surface area (Å²) >= 11 is 0. The Morgan fingerprint density at radius 3 is 3.00 bits per heavy atom. The van der Waals surface area contributed by atoms with Crippen LogP contribution in [0.15, 0.2) is 18.2 Å². The van der Waals surface area contributed by atoms with Gasteiger partial charge in [-0.25, -0.2) is 0 Å². The number of aromatic hydroxyl groups is 1. The van der Waals surface area contributed by atoms with Crippen LogP contribution in [-0.2, 0) is 0 Å². The summed E-state index contributed by atoms with van der Waals surface area (Å²) in [5.74, 6) is 0.00937. The summed E-state index contributed by atoms with van der Waals surface area (Å²) < 4.78 is 0. The third kappa shape index (κ3) is 2.98. The molecule has 4 N–H and O–H groups in total. The van der Waals surface area contributed by atoms with Crippen LogP contribution < -0.4 is 5.73 Å². The van der Waals surface area contributed by atoms with Crippen molar-refractivity contribution in [2.75, 3.05) is 25.4 Å². The summed E-state index contributed by atoms with van der Waals surface area (Å²) in [7, 11) is 0. The zero-order valence-electron chi connectivity index (χ0n) is 10.9. The highest BCUT2D eigenvalue weighted by Gasteiger charge is 2.25. The van der Waals surface area contributed by atoms with Crippen LogP contribution in [-0.4, -0.2) is 40.7 Å². The Morgan fingerprint density at radius 2 is 2.26 bits per heavy atom. The molecule has 1 aromatic carbocycles. The fourth-order valence-electron chi connectivity index (χ4n) is 2.57. The van der Waals surface area contributed by atoms with E-state index in [2.05, 4.69) is 0 Å². The fourth-order valence-corrected chi connectivity index (χ4v) is 2.57. The second-order valence-electron chi connectivity index (χ2n) is 5.02. The zero-order chi connectivity index (χ0) is 13.8. The molecular formula is C14H20N2O3. The highest BCUT2D eigenvalue weighted by atomic mass is 16.3. The number of piperidine rings is 1. The lowest BCUT2D eigenvalue weighted by molar-refractivity contribution is 0.0650. The molecule has 1 amide bonds. The fraction of sp³-hybridized carbons (Fsp3) is 0.500. The summed E-state index contributed by atoms with van der Waals surface area (Å²) in [5, 5.41) is 18.8. The molecule has 0 saturated carbocycles. The first kappa shape index (κ1) is 13.7. The molecule has 1 atom stereocenters. The van der Waals surface area contributed by atoms with Crippen molar-refractivity contribution < 1.29 is 15.0 Å². The Morgan fingerprint density at radius 1 is 1.47 bits per heavy atom. The normalized spacial score (nSPS) is 19.4. The van der Waals surface area contributed by atoms with Gasteiger partial charge in [0.1, 0.15) is 0 Å². The Bertz CT molecular complexity index is 460. The topological polar surface area (TPSA) is 86.8 Å². The minimum atomic E-state index is -0.188. The van der Waals surface area contributed by atoms with Crippen LogP contribution in [0.2, 0.25) is 0 Å². The molecule has 19 heavy (non-hydrogen) atoms. The molecule has 0 aliphatic carbocycles. The maximum atomic E-state index is 12.4. The number of likely N-dealkylation sites (tertiary alicyclic amines) is 1. The number of amides is 1. The van der Waals surface area contributed by atoms with E-state index in [0.29, 0.717) is 25.4 Å². The molecule has 1 saturated heterocycles. The number of rotatable bonds is 3. The van der Waals surface area contributed by atoms with Gasteiger partial charge in [0.15, 0.2) is 5.75 Å². The summed E-state index contributed by atoms with van der Waals surface area (Å²) in [6.45, 7) is 1.47. The number of nitrogen functional groups attached to an aromatic ring is 1. The number of benzene rings is 1. The van der Waals surface area contributed by atoms with Crippen LogP contribution in [0.25, 0.3) is 0 Å². The molecule has 1 heterocycles. The monoisotopic (exact) mass is 264 g/mol. The summed E-state index contributed by atoms with van der Waals surface area (Å²) in [5.41, 5.74) is 6.08. The molecule has 5 heteroatoms. The van der Waals surface area contributed by atoms with E-state index >= 15 is 0 Å². The van der Waals surface area contributed by atoms with E-state index in [0.717, 1.165) is 12.8 Å². The van der Waals surface area contributed by atoms with E-state index in [-0.39, 0.29) is 29.5 Å². The van der Waals surface area contributed by atoms with E-state index in [4.69, 9.17) is 10.8 Å². The van der Waals surface area contributed by atoms with Crippen molar-refractivity contribution in [2.24, 2.45) is 5.92 Å². The largest absolute Gasteiger partial charge is 0.505 e. The Kier molecular flexibility index (Phi) is 4.27. The van der Waals surface area contributed by atoms with E-state index in [1.54, 1.807) is 23.1 Å². The summed E-state index contributed by atoms with van der Waals surface area (Å²) in [4.78, 5) is 14.1. The maximum absolute atomic E-state index is 12.4. The lowest BCUT2D eigenvalue weighted by Crippen LogP contribution is -2.40. The van der Waals surface area contributed by atoms with Crippen LogP contribution in [0, 0.1) is 5.92 Å². The van der Waals surface area contributed by atoms with Gasteiger partial charge in [0.25, 0.3) is 5.91 Å². The van der Waals surface area contributed by atoms with Gasteiger partial charge in [0.05, 0.1) is 11.3 Å². The number of nitrogens with two attached hydrogens (primary N) is 1. The van der Waals surface area contributed by atoms with Crippen molar-refractivity contribution >= 4 is 11.6 Å². The van der Waals surface area contributed by atoms with Gasteiger partial charge in [-0.05, 0) is 37.3 Å². The van der Waals surface area contributed by atoms with Gasteiger partial charge < -0.3 is 20.8 Å². The van der Waals surface area contributed by atoms with Gasteiger partial charge in [0.2, 0.25) is 0 Å². The van der Waals surface area contributed by atoms with Crippen molar-refractivity contribution in [3.8, 4) is 5.75 Å². The molecule has 1 aliphatic heterocycles. The zero-order valence-corrected chi connectivity index (χ0v) is 10.9. The predicted molar refractivity (Wildman–Crippen MR) is 72.8 cm³/mol. The molecule has 1 unspecified atom stereocenters.